The molecule has 0 aliphatic rings. The molecule has 2 aromatic heterocycles. The van der Waals surface area contributed by atoms with Crippen LogP contribution in [0.2, 0.25) is 0 Å². The minimum Gasteiger partial charge on any atom is -0.360 e. The summed E-state index contributed by atoms with van der Waals surface area (Å²) in [6.45, 7) is 0.259. The summed E-state index contributed by atoms with van der Waals surface area (Å²) in [7, 11) is 0. The highest BCUT2D eigenvalue weighted by Gasteiger charge is 2.23. The first-order valence-corrected chi connectivity index (χ1v) is 7.65. The van der Waals surface area contributed by atoms with E-state index < -0.39 is 4.92 Å². The highest BCUT2D eigenvalue weighted by Crippen LogP contribution is 2.31. The van der Waals surface area contributed by atoms with Crippen molar-refractivity contribution in [2.24, 2.45) is 0 Å². The van der Waals surface area contributed by atoms with Crippen molar-refractivity contribution in [1.82, 2.24) is 15.0 Å². The molecule has 0 unspecified atom stereocenters. The predicted molar refractivity (Wildman–Crippen MR) is 87.8 cm³/mol. The third-order valence-corrected chi connectivity index (χ3v) is 3.72. The van der Waals surface area contributed by atoms with Crippen LogP contribution >= 0.6 is 11.3 Å². The van der Waals surface area contributed by atoms with Gasteiger partial charge < -0.3 is 10.6 Å². The maximum Gasteiger partial charge on any atom is 0.353 e. The molecule has 3 rings (SSSR count). The van der Waals surface area contributed by atoms with Gasteiger partial charge in [-0.15, -0.1) is 11.3 Å². The van der Waals surface area contributed by atoms with Crippen molar-refractivity contribution in [3.05, 3.63) is 63.7 Å². The van der Waals surface area contributed by atoms with E-state index in [2.05, 4.69) is 25.6 Å². The number of nitro groups is 1. The summed E-state index contributed by atoms with van der Waals surface area (Å²) in [6, 6.07) is 5.82. The number of aromatic nitrogens is 3. The number of nitrogens with zero attached hydrogens (tertiary/aromatic N) is 4. The van der Waals surface area contributed by atoms with Crippen molar-refractivity contribution in [1.29, 1.82) is 0 Å². The lowest BCUT2D eigenvalue weighted by molar-refractivity contribution is -0.383. The van der Waals surface area contributed by atoms with Crippen LogP contribution < -0.4 is 10.6 Å². The third-order valence-electron chi connectivity index (χ3n) is 3.04. The van der Waals surface area contributed by atoms with Gasteiger partial charge in [-0.25, -0.2) is 19.3 Å². The molecule has 0 fully saturated rings. The van der Waals surface area contributed by atoms with E-state index in [0.717, 1.165) is 5.56 Å². The van der Waals surface area contributed by atoms with Crippen LogP contribution in [0, 0.1) is 15.9 Å². The number of hydrogen-bond acceptors (Lipinski definition) is 8. The number of benzene rings is 1. The first-order valence-electron chi connectivity index (χ1n) is 6.77. The van der Waals surface area contributed by atoms with Crippen LogP contribution in [0.5, 0.6) is 0 Å². The zero-order chi connectivity index (χ0) is 16.9. The van der Waals surface area contributed by atoms with Gasteiger partial charge in [-0.3, -0.25) is 10.1 Å². The molecule has 0 amide bonds. The van der Waals surface area contributed by atoms with Gasteiger partial charge in [-0.1, -0.05) is 12.1 Å². The number of rotatable bonds is 6. The Balaban J connectivity index is 1.84. The number of thiazole rings is 1. The molecule has 0 radical (unpaired) electrons. The molecule has 0 aliphatic carbocycles. The number of halogens is 1. The van der Waals surface area contributed by atoms with E-state index in [1.807, 2.05) is 0 Å². The molecule has 10 heteroatoms. The fourth-order valence-corrected chi connectivity index (χ4v) is 2.47. The Kier molecular flexibility index (Phi) is 4.57. The van der Waals surface area contributed by atoms with E-state index in [1.165, 1.54) is 29.8 Å². The largest absolute Gasteiger partial charge is 0.360 e. The van der Waals surface area contributed by atoms with Gasteiger partial charge in [0.15, 0.2) is 5.13 Å². The maximum absolute atomic E-state index is 12.9. The standard InChI is InChI=1S/C14H11FN6O2S/c15-10-3-1-9(2-4-10)7-17-12-11(21(22)23)13(19-8-18-12)20-14-16-5-6-24-14/h1-6,8H,7H2,(H2,16,17,18,19,20). The Morgan fingerprint density at radius 3 is 2.58 bits per heavy atom. The average Bonchev–Trinajstić information content (AvgIpc) is 3.07. The molecule has 0 spiro atoms. The van der Waals surface area contributed by atoms with E-state index in [4.69, 9.17) is 0 Å². The first kappa shape index (κ1) is 15.7. The summed E-state index contributed by atoms with van der Waals surface area (Å²) in [5, 5.41) is 19.3. The van der Waals surface area contributed by atoms with Gasteiger partial charge in [0.1, 0.15) is 12.1 Å². The second-order valence-corrected chi connectivity index (χ2v) is 5.51. The average molecular weight is 346 g/mol. The molecule has 2 N–H and O–H groups in total. The third kappa shape index (κ3) is 3.60. The molecule has 0 bridgehead atoms. The Bertz CT molecular complexity index is 841. The van der Waals surface area contributed by atoms with E-state index in [0.29, 0.717) is 5.13 Å². The predicted octanol–water partition coefficient (Wildman–Crippen LogP) is 3.34. The molecule has 1 aromatic carbocycles. The van der Waals surface area contributed by atoms with E-state index in [-0.39, 0.29) is 29.7 Å². The van der Waals surface area contributed by atoms with Crippen molar-refractivity contribution in [3.8, 4) is 0 Å². The lowest BCUT2D eigenvalue weighted by Gasteiger charge is -2.09. The highest BCUT2D eigenvalue weighted by molar-refractivity contribution is 7.13. The maximum atomic E-state index is 12.9. The summed E-state index contributed by atoms with van der Waals surface area (Å²) < 4.78 is 12.9. The van der Waals surface area contributed by atoms with Crippen molar-refractivity contribution < 1.29 is 9.31 Å². The number of anilines is 3. The topological polar surface area (TPSA) is 106 Å². The molecule has 0 aliphatic heterocycles. The van der Waals surface area contributed by atoms with Gasteiger partial charge in [0.05, 0.1) is 4.92 Å². The zero-order valence-corrected chi connectivity index (χ0v) is 13.0. The van der Waals surface area contributed by atoms with Gasteiger partial charge in [0, 0.05) is 18.1 Å². The molecular weight excluding hydrogens is 335 g/mol. The Labute approximate surface area is 139 Å². The van der Waals surface area contributed by atoms with Crippen molar-refractivity contribution in [2.75, 3.05) is 10.6 Å². The van der Waals surface area contributed by atoms with Crippen LogP contribution in [0.1, 0.15) is 5.56 Å². The van der Waals surface area contributed by atoms with Gasteiger partial charge in [-0.05, 0) is 17.7 Å². The molecular formula is C14H11FN6O2S. The van der Waals surface area contributed by atoms with E-state index >= 15 is 0 Å². The summed E-state index contributed by atoms with van der Waals surface area (Å²) in [5.74, 6) is -0.230. The second-order valence-electron chi connectivity index (χ2n) is 4.62. The van der Waals surface area contributed by atoms with Crippen LogP contribution in [0.4, 0.5) is 26.8 Å². The molecule has 0 saturated heterocycles. The van der Waals surface area contributed by atoms with Crippen LogP contribution in [0.3, 0.4) is 0 Å². The number of nitrogens with one attached hydrogen (secondary N) is 2. The van der Waals surface area contributed by atoms with Gasteiger partial charge in [-0.2, -0.15) is 0 Å². The fourth-order valence-electron chi connectivity index (χ4n) is 1.95. The van der Waals surface area contributed by atoms with Crippen molar-refractivity contribution in [3.63, 3.8) is 0 Å². The second kappa shape index (κ2) is 6.96. The van der Waals surface area contributed by atoms with Crippen molar-refractivity contribution in [2.45, 2.75) is 6.54 Å². The van der Waals surface area contributed by atoms with Crippen LogP contribution in [-0.2, 0) is 6.54 Å². The molecule has 122 valence electrons. The lowest BCUT2D eigenvalue weighted by atomic mass is 10.2. The normalized spacial score (nSPS) is 10.4. The summed E-state index contributed by atoms with van der Waals surface area (Å²) in [4.78, 5) is 22.7. The molecule has 2 heterocycles. The fraction of sp³-hybridized carbons (Fsp3) is 0.0714. The minimum absolute atomic E-state index is 0.0477. The monoisotopic (exact) mass is 346 g/mol. The Morgan fingerprint density at radius 2 is 1.92 bits per heavy atom. The summed E-state index contributed by atoms with van der Waals surface area (Å²) in [6.07, 6.45) is 2.80. The van der Waals surface area contributed by atoms with Crippen molar-refractivity contribution >= 4 is 33.8 Å². The molecule has 24 heavy (non-hydrogen) atoms. The van der Waals surface area contributed by atoms with Gasteiger partial charge in [0.25, 0.3) is 0 Å². The zero-order valence-electron chi connectivity index (χ0n) is 12.1. The summed E-state index contributed by atoms with van der Waals surface area (Å²) in [5.41, 5.74) is 0.480. The van der Waals surface area contributed by atoms with E-state index in [1.54, 1.807) is 23.7 Å². The van der Waals surface area contributed by atoms with Gasteiger partial charge >= 0.3 is 5.69 Å². The van der Waals surface area contributed by atoms with E-state index in [9.17, 15) is 14.5 Å². The Hall–Kier alpha value is -3.14. The molecule has 0 saturated carbocycles. The smallest absolute Gasteiger partial charge is 0.353 e. The molecule has 0 atom stereocenters. The Morgan fingerprint density at radius 1 is 1.17 bits per heavy atom. The lowest BCUT2D eigenvalue weighted by Crippen LogP contribution is -2.08. The minimum atomic E-state index is -0.567. The molecule has 8 nitrogen and oxygen atoms in total. The van der Waals surface area contributed by atoms with Crippen LogP contribution in [0.25, 0.3) is 0 Å². The first-order chi connectivity index (χ1) is 11.6. The quantitative estimate of drug-likeness (QED) is 0.521. The number of hydrogen-bond donors (Lipinski definition) is 2. The van der Waals surface area contributed by atoms with Crippen LogP contribution in [-0.4, -0.2) is 19.9 Å². The summed E-state index contributed by atoms with van der Waals surface area (Å²) >= 11 is 1.29. The molecule has 3 aromatic rings. The van der Waals surface area contributed by atoms with Crippen LogP contribution in [0.15, 0.2) is 42.2 Å². The van der Waals surface area contributed by atoms with Gasteiger partial charge in [0.2, 0.25) is 11.6 Å². The highest BCUT2D eigenvalue weighted by atomic mass is 32.1. The SMILES string of the molecule is O=[N+]([O-])c1c(NCc2ccc(F)cc2)ncnc1Nc1nccs1.